The zero-order valence-corrected chi connectivity index (χ0v) is 20.0. The van der Waals surface area contributed by atoms with Crippen LogP contribution in [0.3, 0.4) is 0 Å². The van der Waals surface area contributed by atoms with E-state index in [1.807, 2.05) is 54.6 Å². The van der Waals surface area contributed by atoms with Crippen LogP contribution in [0, 0.1) is 0 Å². The number of nitrogens with zero attached hydrogens (tertiary/aromatic N) is 1. The van der Waals surface area contributed by atoms with Gasteiger partial charge in [0.05, 0.1) is 40.8 Å². The molecule has 2 aromatic rings. The van der Waals surface area contributed by atoms with Crippen molar-refractivity contribution in [2.24, 2.45) is 0 Å². The van der Waals surface area contributed by atoms with Crippen molar-refractivity contribution in [1.82, 2.24) is 0 Å². The summed E-state index contributed by atoms with van der Waals surface area (Å²) in [6.07, 6.45) is -1.81. The molecule has 0 saturated carbocycles. The quantitative estimate of drug-likeness (QED) is 0.172. The van der Waals surface area contributed by atoms with Crippen molar-refractivity contribution in [3.05, 3.63) is 54.6 Å². The zero-order valence-electron chi connectivity index (χ0n) is 19.1. The van der Waals surface area contributed by atoms with Gasteiger partial charge in [0.25, 0.3) is 0 Å². The van der Waals surface area contributed by atoms with Gasteiger partial charge in [0, 0.05) is 6.23 Å². The lowest BCUT2D eigenvalue weighted by Gasteiger charge is -2.42. The van der Waals surface area contributed by atoms with Crippen LogP contribution in [0.2, 0.25) is 0 Å². The first-order chi connectivity index (χ1) is 15.6. The third-order valence-corrected chi connectivity index (χ3v) is 5.35. The van der Waals surface area contributed by atoms with Gasteiger partial charge in [-0.3, -0.25) is 4.79 Å². The van der Waals surface area contributed by atoms with E-state index in [4.69, 9.17) is 23.6 Å². The molecule has 0 spiro atoms. The van der Waals surface area contributed by atoms with Gasteiger partial charge in [0.1, 0.15) is 23.4 Å². The average molecular weight is 481 g/mol. The Morgan fingerprint density at radius 1 is 0.970 bits per heavy atom. The summed E-state index contributed by atoms with van der Waals surface area (Å²) in [5.41, 5.74) is 0. The lowest BCUT2D eigenvalue weighted by Crippen LogP contribution is -2.60. The minimum atomic E-state index is -2.35. The Hall–Kier alpha value is -2.26. The van der Waals surface area contributed by atoms with Crippen LogP contribution < -0.4 is 14.6 Å². The van der Waals surface area contributed by atoms with Crippen LogP contribution in [0.5, 0.6) is 17.2 Å². The Kier molecular flexibility index (Phi) is 11.0. The summed E-state index contributed by atoms with van der Waals surface area (Å²) in [4.78, 5) is 21.0. The van der Waals surface area contributed by atoms with Crippen molar-refractivity contribution in [2.75, 3.05) is 34.4 Å². The van der Waals surface area contributed by atoms with E-state index in [2.05, 4.69) is 0 Å². The van der Waals surface area contributed by atoms with Crippen molar-refractivity contribution in [2.45, 2.75) is 31.6 Å². The maximum atomic E-state index is 12.4. The number of quaternary nitrogens is 1. The molecule has 2 N–H and O–H groups in total. The Labute approximate surface area is 195 Å². The van der Waals surface area contributed by atoms with Crippen LogP contribution in [0.15, 0.2) is 54.6 Å². The van der Waals surface area contributed by atoms with Crippen molar-refractivity contribution in [3.8, 4) is 17.2 Å². The Morgan fingerprint density at radius 3 is 2.15 bits per heavy atom. The predicted molar refractivity (Wildman–Crippen MR) is 122 cm³/mol. The summed E-state index contributed by atoms with van der Waals surface area (Å²) in [6.45, 7) is 0.654. The number of carboxylic acid groups (broad SMARTS) is 1. The van der Waals surface area contributed by atoms with Crippen LogP contribution in [0.4, 0.5) is 0 Å². The fourth-order valence-corrected chi connectivity index (χ4v) is 3.53. The minimum absolute atomic E-state index is 0.0438. The number of unbranched alkanes of at least 4 members (excludes halogenated alkanes) is 1. The maximum Gasteiger partial charge on any atom is 0.330 e. The predicted octanol–water partition coefficient (Wildman–Crippen LogP) is 3.13. The second-order valence-electron chi connectivity index (χ2n) is 8.26. The van der Waals surface area contributed by atoms with Gasteiger partial charge in [0.15, 0.2) is 0 Å². The van der Waals surface area contributed by atoms with Gasteiger partial charge in [-0.2, -0.15) is 0 Å². The molecule has 0 aromatic heterocycles. The topological polar surface area (TPSA) is 118 Å². The molecule has 33 heavy (non-hydrogen) atoms. The summed E-state index contributed by atoms with van der Waals surface area (Å²) in [5.74, 6) is 1.01. The van der Waals surface area contributed by atoms with Gasteiger partial charge >= 0.3 is 14.6 Å². The first-order valence-corrected chi connectivity index (χ1v) is 11.7. The van der Waals surface area contributed by atoms with E-state index in [1.54, 1.807) is 21.1 Å². The van der Waals surface area contributed by atoms with Gasteiger partial charge in [-0.25, -0.2) is 0 Å². The number of hydrogen-bond acceptors (Lipinski definition) is 7. The van der Waals surface area contributed by atoms with Crippen LogP contribution in [-0.2, 0) is 13.8 Å². The molecule has 2 aromatic carbocycles. The van der Waals surface area contributed by atoms with Crippen molar-refractivity contribution >= 4 is 14.6 Å². The normalized spacial score (nSPS) is 14.3. The molecule has 0 aliphatic rings. The van der Waals surface area contributed by atoms with Gasteiger partial charge in [-0.1, -0.05) is 18.2 Å². The monoisotopic (exact) mass is 481 g/mol. The van der Waals surface area contributed by atoms with E-state index in [1.165, 1.54) is 0 Å². The lowest BCUT2D eigenvalue weighted by molar-refractivity contribution is -0.973. The maximum absolute atomic E-state index is 12.4. The number of aliphatic carboxylic acids is 1. The number of hydrogen-bond donors (Lipinski definition) is 2. The molecular weight excluding hydrogens is 449 g/mol. The van der Waals surface area contributed by atoms with Crippen LogP contribution in [-0.4, -0.2) is 67.1 Å². The van der Waals surface area contributed by atoms with Crippen LogP contribution in [0.1, 0.15) is 19.3 Å². The highest BCUT2D eigenvalue weighted by atomic mass is 31.2. The van der Waals surface area contributed by atoms with Gasteiger partial charge in [-0.05, 0) is 49.2 Å². The van der Waals surface area contributed by atoms with Crippen molar-refractivity contribution in [1.29, 1.82) is 0 Å². The highest BCUT2D eigenvalue weighted by Crippen LogP contribution is 2.36. The largest absolute Gasteiger partial charge is 0.804 e. The third-order valence-electron chi connectivity index (χ3n) is 4.49. The first kappa shape index (κ1) is 27.0. The Balaban J connectivity index is 1.64. The lowest BCUT2D eigenvalue weighted by atomic mass is 10.2. The number of rotatable bonds is 15. The standard InChI is InChI=1S/C23H32NO8P/c1-24(2,3)23(27)21(17-22(25)26)32-33(28)30-16-8-7-15-29-18-11-13-20(14-12-18)31-19-9-5-4-6-10-19/h4-6,9-14,21,23,28H,7-8,15-17H2,1-3H3,(H,25,26)/t21-,23?,33?/m1/s1. The molecule has 0 aliphatic heterocycles. The zero-order chi connectivity index (χ0) is 24.3. The highest BCUT2D eigenvalue weighted by molar-refractivity contribution is 7.40. The van der Waals surface area contributed by atoms with Crippen molar-refractivity contribution in [3.63, 3.8) is 0 Å². The Morgan fingerprint density at radius 2 is 1.55 bits per heavy atom. The fourth-order valence-electron chi connectivity index (χ4n) is 2.77. The number of carboxylic acids is 1. The SMILES string of the molecule is C[N+](C)(C)C([O-])[C@@H](CC(=O)O)OP(O)OCCCCOc1ccc(Oc2ccccc2)cc1. The first-order valence-electron chi connectivity index (χ1n) is 10.6. The van der Waals surface area contributed by atoms with E-state index < -0.39 is 33.3 Å². The van der Waals surface area contributed by atoms with Gasteiger partial charge in [-0.15, -0.1) is 0 Å². The average Bonchev–Trinajstić information content (AvgIpc) is 2.76. The molecule has 0 radical (unpaired) electrons. The van der Waals surface area contributed by atoms with Gasteiger partial charge in [0.2, 0.25) is 0 Å². The van der Waals surface area contributed by atoms with E-state index >= 15 is 0 Å². The van der Waals surface area contributed by atoms with Gasteiger partial charge < -0.3 is 38.1 Å². The number of para-hydroxylation sites is 1. The van der Waals surface area contributed by atoms with E-state index in [9.17, 15) is 14.8 Å². The molecule has 3 atom stereocenters. The summed E-state index contributed by atoms with van der Waals surface area (Å²) in [5, 5.41) is 21.4. The number of likely N-dealkylation sites (N-methyl/N-ethyl adjacent to an activating group) is 1. The molecular formula is C23H32NO8P. The second kappa shape index (κ2) is 13.4. The molecule has 0 amide bonds. The van der Waals surface area contributed by atoms with E-state index in [0.29, 0.717) is 30.9 Å². The van der Waals surface area contributed by atoms with Crippen molar-refractivity contribution < 1.29 is 42.9 Å². The molecule has 182 valence electrons. The molecule has 9 nitrogen and oxygen atoms in total. The summed E-state index contributed by atoms with van der Waals surface area (Å²) < 4.78 is 21.8. The molecule has 0 saturated heterocycles. The highest BCUT2D eigenvalue weighted by Gasteiger charge is 2.29. The molecule has 0 aliphatic carbocycles. The summed E-state index contributed by atoms with van der Waals surface area (Å²) >= 11 is 0. The number of benzene rings is 2. The summed E-state index contributed by atoms with van der Waals surface area (Å²) in [6, 6.07) is 16.8. The molecule has 2 unspecified atom stereocenters. The van der Waals surface area contributed by atoms with E-state index in [-0.39, 0.29) is 11.1 Å². The number of carbonyl (C=O) groups is 1. The van der Waals surface area contributed by atoms with Crippen LogP contribution in [0.25, 0.3) is 0 Å². The van der Waals surface area contributed by atoms with E-state index in [0.717, 1.165) is 5.75 Å². The summed E-state index contributed by atoms with van der Waals surface area (Å²) in [7, 11) is 2.57. The smallest absolute Gasteiger partial charge is 0.330 e. The molecule has 2 rings (SSSR count). The van der Waals surface area contributed by atoms with Crippen LogP contribution >= 0.6 is 8.60 Å². The molecule has 0 bridgehead atoms. The Bertz CT molecular complexity index is 829. The minimum Gasteiger partial charge on any atom is -0.804 e. The molecule has 0 fully saturated rings. The number of ether oxygens (including phenoxy) is 2. The molecule has 10 heteroatoms. The fraction of sp³-hybridized carbons (Fsp3) is 0.435. The second-order valence-corrected chi connectivity index (χ2v) is 9.21. The third kappa shape index (κ3) is 10.5. The molecule has 0 heterocycles.